The van der Waals surface area contributed by atoms with E-state index in [4.69, 9.17) is 4.42 Å². The van der Waals surface area contributed by atoms with Crippen LogP contribution in [-0.4, -0.2) is 21.7 Å². The fraction of sp³-hybridized carbons (Fsp3) is 0.118. The van der Waals surface area contributed by atoms with Gasteiger partial charge in [-0.15, -0.1) is 10.2 Å². The van der Waals surface area contributed by atoms with Gasteiger partial charge >= 0.3 is 0 Å². The molecule has 0 atom stereocenters. The first kappa shape index (κ1) is 15.4. The number of carbonyl (C=O) groups excluding carboxylic acids is 1. The van der Waals surface area contributed by atoms with Gasteiger partial charge in [-0.2, -0.15) is 0 Å². The molecule has 0 unspecified atom stereocenters. The van der Waals surface area contributed by atoms with Gasteiger partial charge in [-0.25, -0.2) is 4.39 Å². The molecule has 0 saturated heterocycles. The molecule has 0 aliphatic carbocycles. The molecule has 0 fully saturated rings. The molecule has 0 radical (unpaired) electrons. The van der Waals surface area contributed by atoms with E-state index in [9.17, 15) is 9.18 Å². The average Bonchev–Trinajstić information content (AvgIpc) is 3.02. The highest BCUT2D eigenvalue weighted by Gasteiger charge is 2.12. The molecule has 0 amide bonds. The topological polar surface area (TPSA) is 56.0 Å². The number of aromatic nitrogens is 2. The number of hydrogen-bond acceptors (Lipinski definition) is 5. The second kappa shape index (κ2) is 6.75. The van der Waals surface area contributed by atoms with Gasteiger partial charge in [0.1, 0.15) is 5.82 Å². The molecular formula is C17H13FN2O2S. The molecule has 2 aromatic carbocycles. The van der Waals surface area contributed by atoms with Crippen LogP contribution in [0.1, 0.15) is 15.9 Å². The van der Waals surface area contributed by atoms with Crippen LogP contribution in [0.25, 0.3) is 11.5 Å². The number of carbonyl (C=O) groups is 1. The normalized spacial score (nSPS) is 10.7. The molecule has 1 aromatic heterocycles. The van der Waals surface area contributed by atoms with Gasteiger partial charge in [0, 0.05) is 11.1 Å². The average molecular weight is 328 g/mol. The minimum Gasteiger partial charge on any atom is -0.411 e. The SMILES string of the molecule is Cc1ccc(C(=O)CSc2nnc(-c3cccc(F)c3)o2)cc1. The van der Waals surface area contributed by atoms with Gasteiger partial charge in [-0.1, -0.05) is 47.7 Å². The van der Waals surface area contributed by atoms with Crippen LogP contribution in [0.5, 0.6) is 0 Å². The second-order valence-electron chi connectivity index (χ2n) is 4.96. The van der Waals surface area contributed by atoms with Gasteiger partial charge in [0.25, 0.3) is 5.22 Å². The predicted octanol–water partition coefficient (Wildman–Crippen LogP) is 4.16. The lowest BCUT2D eigenvalue weighted by Crippen LogP contribution is -2.02. The van der Waals surface area contributed by atoms with Crippen molar-refractivity contribution in [1.82, 2.24) is 10.2 Å². The Balaban J connectivity index is 1.65. The molecule has 116 valence electrons. The Morgan fingerprint density at radius 2 is 1.96 bits per heavy atom. The smallest absolute Gasteiger partial charge is 0.277 e. The third kappa shape index (κ3) is 3.84. The minimum absolute atomic E-state index is 0.0134. The highest BCUT2D eigenvalue weighted by Crippen LogP contribution is 2.24. The molecule has 0 aliphatic heterocycles. The monoisotopic (exact) mass is 328 g/mol. The fourth-order valence-corrected chi connectivity index (χ4v) is 2.61. The summed E-state index contributed by atoms with van der Waals surface area (Å²) in [5, 5.41) is 8.03. The highest BCUT2D eigenvalue weighted by atomic mass is 32.2. The summed E-state index contributed by atoms with van der Waals surface area (Å²) in [6.07, 6.45) is 0. The number of Topliss-reactive ketones (excluding diaryl/α,β-unsaturated/α-hetero) is 1. The molecule has 0 saturated carbocycles. The van der Waals surface area contributed by atoms with Crippen LogP contribution >= 0.6 is 11.8 Å². The van der Waals surface area contributed by atoms with Gasteiger partial charge in [0.15, 0.2) is 5.78 Å². The van der Waals surface area contributed by atoms with E-state index in [2.05, 4.69) is 10.2 Å². The zero-order valence-electron chi connectivity index (χ0n) is 12.3. The summed E-state index contributed by atoms with van der Waals surface area (Å²) in [6.45, 7) is 1.97. The Hall–Kier alpha value is -2.47. The van der Waals surface area contributed by atoms with Crippen LogP contribution < -0.4 is 0 Å². The van der Waals surface area contributed by atoms with Crippen molar-refractivity contribution in [2.45, 2.75) is 12.1 Å². The van der Waals surface area contributed by atoms with E-state index in [1.54, 1.807) is 24.3 Å². The number of benzene rings is 2. The Morgan fingerprint density at radius 1 is 1.17 bits per heavy atom. The molecule has 0 bridgehead atoms. The lowest BCUT2D eigenvalue weighted by atomic mass is 10.1. The second-order valence-corrected chi connectivity index (χ2v) is 5.89. The van der Waals surface area contributed by atoms with E-state index in [-0.39, 0.29) is 28.5 Å². The molecule has 3 aromatic rings. The maximum atomic E-state index is 13.2. The molecule has 1 heterocycles. The molecule has 0 aliphatic rings. The van der Waals surface area contributed by atoms with E-state index >= 15 is 0 Å². The van der Waals surface area contributed by atoms with E-state index in [1.165, 1.54) is 12.1 Å². The van der Waals surface area contributed by atoms with Crippen LogP contribution in [0, 0.1) is 12.7 Å². The zero-order valence-corrected chi connectivity index (χ0v) is 13.1. The number of thioether (sulfide) groups is 1. The van der Waals surface area contributed by atoms with Crippen LogP contribution in [0.4, 0.5) is 4.39 Å². The van der Waals surface area contributed by atoms with Crippen molar-refractivity contribution < 1.29 is 13.6 Å². The zero-order chi connectivity index (χ0) is 16.2. The fourth-order valence-electron chi connectivity index (χ4n) is 1.96. The quantitative estimate of drug-likeness (QED) is 0.520. The third-order valence-electron chi connectivity index (χ3n) is 3.18. The maximum absolute atomic E-state index is 13.2. The van der Waals surface area contributed by atoms with Gasteiger partial charge in [-0.3, -0.25) is 4.79 Å². The van der Waals surface area contributed by atoms with Crippen molar-refractivity contribution in [2.24, 2.45) is 0 Å². The summed E-state index contributed by atoms with van der Waals surface area (Å²) in [5.41, 5.74) is 2.26. The Kier molecular flexibility index (Phi) is 4.52. The molecule has 0 N–H and O–H groups in total. The first-order valence-corrected chi connectivity index (χ1v) is 7.92. The van der Waals surface area contributed by atoms with Crippen molar-refractivity contribution in [3.8, 4) is 11.5 Å². The molecule has 6 heteroatoms. The number of halogens is 1. The largest absolute Gasteiger partial charge is 0.411 e. The Bertz CT molecular complexity index is 831. The van der Waals surface area contributed by atoms with E-state index < -0.39 is 0 Å². The Labute approximate surface area is 136 Å². The van der Waals surface area contributed by atoms with Crippen molar-refractivity contribution >= 4 is 17.5 Å². The van der Waals surface area contributed by atoms with E-state index in [1.807, 2.05) is 19.1 Å². The van der Waals surface area contributed by atoms with Crippen LogP contribution in [0.3, 0.4) is 0 Å². The third-order valence-corrected chi connectivity index (χ3v) is 4.00. The summed E-state index contributed by atoms with van der Waals surface area (Å²) in [4.78, 5) is 12.1. The first-order valence-electron chi connectivity index (χ1n) is 6.94. The summed E-state index contributed by atoms with van der Waals surface area (Å²) < 4.78 is 18.6. The summed E-state index contributed by atoms with van der Waals surface area (Å²) in [6, 6.07) is 13.3. The number of hydrogen-bond donors (Lipinski definition) is 0. The lowest BCUT2D eigenvalue weighted by Gasteiger charge is -1.99. The van der Waals surface area contributed by atoms with Crippen LogP contribution in [-0.2, 0) is 0 Å². The van der Waals surface area contributed by atoms with Gasteiger partial charge in [-0.05, 0) is 25.1 Å². The predicted molar refractivity (Wildman–Crippen MR) is 85.9 cm³/mol. The van der Waals surface area contributed by atoms with Gasteiger partial charge < -0.3 is 4.42 Å². The minimum atomic E-state index is -0.371. The number of rotatable bonds is 5. The number of aryl methyl sites for hydroxylation is 1. The molecule has 3 rings (SSSR count). The van der Waals surface area contributed by atoms with Crippen LogP contribution in [0.2, 0.25) is 0 Å². The van der Waals surface area contributed by atoms with Gasteiger partial charge in [0.2, 0.25) is 5.89 Å². The van der Waals surface area contributed by atoms with Crippen molar-refractivity contribution in [2.75, 3.05) is 5.75 Å². The van der Waals surface area contributed by atoms with Crippen molar-refractivity contribution in [3.63, 3.8) is 0 Å². The first-order chi connectivity index (χ1) is 11.1. The molecule has 0 spiro atoms. The molecular weight excluding hydrogens is 315 g/mol. The van der Waals surface area contributed by atoms with E-state index in [0.717, 1.165) is 17.3 Å². The summed E-state index contributed by atoms with van der Waals surface area (Å²) in [7, 11) is 0. The summed E-state index contributed by atoms with van der Waals surface area (Å²) in [5.74, 6) is 0.0492. The molecule has 4 nitrogen and oxygen atoms in total. The summed E-state index contributed by atoms with van der Waals surface area (Å²) >= 11 is 1.16. The standard InChI is InChI=1S/C17H13FN2O2S/c1-11-5-7-12(8-6-11)15(21)10-23-17-20-19-16(22-17)13-3-2-4-14(18)9-13/h2-9H,10H2,1H3. The highest BCUT2D eigenvalue weighted by molar-refractivity contribution is 7.99. The lowest BCUT2D eigenvalue weighted by molar-refractivity contribution is 0.102. The van der Waals surface area contributed by atoms with Crippen LogP contribution in [0.15, 0.2) is 58.2 Å². The van der Waals surface area contributed by atoms with Crippen molar-refractivity contribution in [1.29, 1.82) is 0 Å². The number of ketones is 1. The maximum Gasteiger partial charge on any atom is 0.277 e. The number of nitrogens with zero attached hydrogens (tertiary/aromatic N) is 2. The Morgan fingerprint density at radius 3 is 2.70 bits per heavy atom. The van der Waals surface area contributed by atoms with E-state index in [0.29, 0.717) is 11.1 Å². The molecule has 23 heavy (non-hydrogen) atoms. The van der Waals surface area contributed by atoms with Crippen molar-refractivity contribution in [3.05, 3.63) is 65.5 Å². The van der Waals surface area contributed by atoms with Gasteiger partial charge in [0.05, 0.1) is 5.75 Å².